The molecule has 0 bridgehead atoms. The molecule has 6 N–H and O–H groups in total. The minimum atomic E-state index is -4.77. The van der Waals surface area contributed by atoms with Crippen LogP contribution in [0.5, 0.6) is 0 Å². The van der Waals surface area contributed by atoms with Gasteiger partial charge < -0.3 is 93.5 Å². The van der Waals surface area contributed by atoms with E-state index < -0.39 is 117 Å². The van der Waals surface area contributed by atoms with E-state index in [9.17, 15) is 61.0 Å². The van der Waals surface area contributed by atoms with E-state index in [1.807, 2.05) is 0 Å². The van der Waals surface area contributed by atoms with Crippen LogP contribution < -0.4 is 31.9 Å². The van der Waals surface area contributed by atoms with Crippen molar-refractivity contribution in [3.8, 4) is 0 Å². The second-order valence-electron chi connectivity index (χ2n) is 31.5. The zero-order valence-electron chi connectivity index (χ0n) is 70.8. The van der Waals surface area contributed by atoms with Gasteiger partial charge in [-0.05, 0) is 59.4 Å². The number of nitro benzene ring substituents is 2. The maximum atomic E-state index is 13.4. The van der Waals surface area contributed by atoms with Crippen LogP contribution in [0.25, 0.3) is 0 Å². The summed E-state index contributed by atoms with van der Waals surface area (Å²) in [4.78, 5) is 73.7. The fraction of sp³-hybridized carbons (Fsp3) is 0.734. The lowest BCUT2D eigenvalue weighted by Crippen LogP contribution is -2.55. The topological polar surface area (TPSA) is 443 Å². The number of carbonyl (C=O) groups excluding carboxylic acids is 3. The summed E-state index contributed by atoms with van der Waals surface area (Å²) in [5, 5.41) is 55.9. The molecule has 8 atom stereocenters. The van der Waals surface area contributed by atoms with E-state index in [-0.39, 0.29) is 164 Å². The van der Waals surface area contributed by atoms with E-state index in [1.165, 1.54) is 18.2 Å². The number of unbranched alkanes of at least 4 members (excludes halogenated alkanes) is 16. The first-order valence-electron chi connectivity index (χ1n) is 42.5. The molecule has 1 aromatic carbocycles. The third-order valence-electron chi connectivity index (χ3n) is 20.3. The molecule has 0 saturated carbocycles. The Kier molecular flexibility index (Phi) is 41.7. The standard InChI is InChI=1S/C79H116Cl2F6N18O20/c1-76(2)122-70-58(92-65-40-63(80)94-74(96-65)78(82,83)84)48-120-61(72(70)124-76)50-115-30-21-17-13-9-5-7-11-15-19-28-102-44-53(98-100-102)42-89-67(106)25-32-117-46-55(91-69(108)52-119-38-37-114-36-35-113-34-27-88-57-24-23-56(104(109)110)39-60(57)105(111)112)47-118-33-26-68(107)90-43-54-45-103(101-99-54)29-20-16-12-8-6-10-14-18-22-31-116-51-62-73-71(123-77(3,4)125-73)59(49-121-62)93-66-41-64(81)95-75(97-66)79(85,86)87/h23-24,39-41,44-45,55,58-59,61-62,70-73,88H,5-22,25-38,42-43,46-52H2,1-4H3,(H,89,106)(H,90,107)(H,91,108)(H,92,94,96)(H,93,95,97)/t58-,59-,61+,62+,70+,71+,72-,73-/m0/s1. The molecule has 0 unspecified atom stereocenters. The van der Waals surface area contributed by atoms with Crippen LogP contribution in [0, 0.1) is 20.2 Å². The molecule has 0 aliphatic carbocycles. The molecule has 46 heteroatoms. The average Bonchev–Trinajstić information content (AvgIpc) is 1.64. The van der Waals surface area contributed by atoms with Crippen LogP contribution in [0.3, 0.4) is 0 Å². The average molecular weight is 1820 g/mol. The minimum Gasteiger partial charge on any atom is -0.379 e. The number of hydrogen-bond acceptors (Lipinski definition) is 31. The first kappa shape index (κ1) is 101. The SMILES string of the molecule is CC1(C)O[C@@H]2[C@H](O1)[C@@H](Nc1cc(Cl)nc(C(F)(F)F)n1)CO[C@@H]2COCCCCCCCCCCCn1cc(CNC(=O)CCOCC(COCCC(=O)NCc2cn(CCCCCCCCCCCOC[C@H]3OC[C@H](Nc4cc(Cl)nc(C(F)(F)F)n4)[C@H]4OC(C)(C)O[C@H]43)nn2)NC(=O)COCCOCCOCCNc2ccc([N+](=O)[O-])cc2[N+](=O)[O-])nn1. The number of aromatic nitrogens is 10. The monoisotopic (exact) mass is 1820 g/mol. The number of nitrogens with one attached hydrogen (secondary N) is 6. The highest BCUT2D eigenvalue weighted by Gasteiger charge is 2.54. The lowest BCUT2D eigenvalue weighted by Gasteiger charge is -2.37. The second-order valence-corrected chi connectivity index (χ2v) is 32.3. The number of ether oxygens (including phenoxy) is 13. The van der Waals surface area contributed by atoms with E-state index in [0.29, 0.717) is 37.7 Å². The molecule has 698 valence electrons. The molecule has 0 spiro atoms. The molecule has 9 rings (SSSR count). The number of amides is 3. The lowest BCUT2D eigenvalue weighted by atomic mass is 9.98. The van der Waals surface area contributed by atoms with Crippen molar-refractivity contribution in [3.63, 3.8) is 0 Å². The van der Waals surface area contributed by atoms with Crippen LogP contribution in [0.4, 0.5) is 55.0 Å². The number of alkyl halides is 6. The molecule has 38 nitrogen and oxygen atoms in total. The van der Waals surface area contributed by atoms with Gasteiger partial charge in [-0.2, -0.15) is 26.3 Å². The number of aryl methyl sites for hydroxylation is 2. The Morgan fingerprint density at radius 2 is 0.944 bits per heavy atom. The molecule has 5 aromatic rings. The predicted octanol–water partition coefficient (Wildman–Crippen LogP) is 10.9. The minimum absolute atomic E-state index is 0.00865. The second kappa shape index (κ2) is 51.8. The fourth-order valence-corrected chi connectivity index (χ4v) is 14.6. The Bertz CT molecular complexity index is 3920. The molecule has 4 aliphatic rings. The van der Waals surface area contributed by atoms with Crippen molar-refractivity contribution in [1.82, 2.24) is 65.9 Å². The number of carbonyl (C=O) groups is 3. The van der Waals surface area contributed by atoms with Gasteiger partial charge in [-0.1, -0.05) is 124 Å². The van der Waals surface area contributed by atoms with Crippen molar-refractivity contribution < 1.29 is 112 Å². The molecule has 4 fully saturated rings. The molecule has 8 heterocycles. The van der Waals surface area contributed by atoms with Crippen molar-refractivity contribution in [2.24, 2.45) is 0 Å². The van der Waals surface area contributed by atoms with Crippen molar-refractivity contribution >= 4 is 69.6 Å². The van der Waals surface area contributed by atoms with Gasteiger partial charge in [-0.3, -0.25) is 44.0 Å². The summed E-state index contributed by atoms with van der Waals surface area (Å²) in [7, 11) is 0. The van der Waals surface area contributed by atoms with E-state index in [0.717, 1.165) is 128 Å². The van der Waals surface area contributed by atoms with E-state index in [2.05, 4.69) is 72.5 Å². The number of halogens is 8. The zero-order chi connectivity index (χ0) is 89.6. The van der Waals surface area contributed by atoms with Crippen LogP contribution >= 0.6 is 23.2 Å². The lowest BCUT2D eigenvalue weighted by molar-refractivity contribution is -0.393. The van der Waals surface area contributed by atoms with Gasteiger partial charge in [0.25, 0.3) is 11.4 Å². The summed E-state index contributed by atoms with van der Waals surface area (Å²) in [6, 6.07) is 3.90. The van der Waals surface area contributed by atoms with Crippen molar-refractivity contribution in [3.05, 3.63) is 96.3 Å². The van der Waals surface area contributed by atoms with Gasteiger partial charge in [-0.15, -0.1) is 10.2 Å². The van der Waals surface area contributed by atoms with Crippen LogP contribution in [0.1, 0.15) is 179 Å². The molecular weight excluding hydrogens is 1710 g/mol. The summed E-state index contributed by atoms with van der Waals surface area (Å²) < 4.78 is 161. The fourth-order valence-electron chi connectivity index (χ4n) is 14.2. The number of fused-ring (bicyclic) bond motifs is 2. The van der Waals surface area contributed by atoms with Gasteiger partial charge in [0, 0.05) is 63.9 Å². The first-order valence-corrected chi connectivity index (χ1v) is 43.2. The van der Waals surface area contributed by atoms with Gasteiger partial charge >= 0.3 is 12.4 Å². The summed E-state index contributed by atoms with van der Waals surface area (Å²) in [5.41, 5.74) is 0.463. The maximum Gasteiger partial charge on any atom is 0.451 e. The Morgan fingerprint density at radius 3 is 1.38 bits per heavy atom. The van der Waals surface area contributed by atoms with Gasteiger partial charge in [0.05, 0.1) is 145 Å². The quantitative estimate of drug-likeness (QED) is 0.00692. The smallest absolute Gasteiger partial charge is 0.379 e. The van der Waals surface area contributed by atoms with Crippen LogP contribution in [-0.4, -0.2) is 256 Å². The van der Waals surface area contributed by atoms with E-state index >= 15 is 0 Å². The molecule has 125 heavy (non-hydrogen) atoms. The number of anilines is 3. The number of nitrogens with zero attached hydrogens (tertiary/aromatic N) is 12. The molecule has 3 amide bonds. The summed E-state index contributed by atoms with van der Waals surface area (Å²) in [6.07, 6.45) is 9.70. The highest BCUT2D eigenvalue weighted by molar-refractivity contribution is 6.29. The maximum absolute atomic E-state index is 13.4. The first-order chi connectivity index (χ1) is 59.9. The number of hydrogen-bond donors (Lipinski definition) is 6. The van der Waals surface area contributed by atoms with E-state index in [1.54, 1.807) is 49.5 Å². The third-order valence-corrected chi connectivity index (χ3v) is 20.7. The number of nitro groups is 2. The Balaban J connectivity index is 0.582. The predicted molar refractivity (Wildman–Crippen MR) is 438 cm³/mol. The molecular formula is C79H116Cl2F6N18O20. The zero-order valence-corrected chi connectivity index (χ0v) is 72.3. The molecule has 4 aromatic heterocycles. The van der Waals surface area contributed by atoms with E-state index in [4.69, 9.17) is 84.8 Å². The van der Waals surface area contributed by atoms with Crippen molar-refractivity contribution in [1.29, 1.82) is 0 Å². The third kappa shape index (κ3) is 36.5. The van der Waals surface area contributed by atoms with Crippen LogP contribution in [0.2, 0.25) is 10.3 Å². The van der Waals surface area contributed by atoms with Crippen molar-refractivity contribution in [2.45, 2.75) is 261 Å². The van der Waals surface area contributed by atoms with Gasteiger partial charge in [0.1, 0.15) is 82.2 Å². The van der Waals surface area contributed by atoms with Crippen LogP contribution in [-0.2, 0) is 114 Å². The molecule has 0 radical (unpaired) electrons. The number of non-ortho nitro benzene ring substituents is 1. The highest BCUT2D eigenvalue weighted by Crippen LogP contribution is 2.40. The van der Waals surface area contributed by atoms with Gasteiger partial charge in [0.2, 0.25) is 29.4 Å². The van der Waals surface area contributed by atoms with Gasteiger partial charge in [0.15, 0.2) is 11.6 Å². The Hall–Kier alpha value is -8.09. The Labute approximate surface area is 730 Å². The largest absolute Gasteiger partial charge is 0.451 e. The van der Waals surface area contributed by atoms with Gasteiger partial charge in [-0.25, -0.2) is 19.9 Å². The summed E-state index contributed by atoms with van der Waals surface area (Å²) in [6.45, 7) is 11.1. The number of benzene rings is 1. The van der Waals surface area contributed by atoms with Crippen molar-refractivity contribution in [2.75, 3.05) is 128 Å². The number of rotatable bonds is 61. The summed E-state index contributed by atoms with van der Waals surface area (Å²) >= 11 is 11.8. The summed E-state index contributed by atoms with van der Waals surface area (Å²) in [5.74, 6) is -5.87. The van der Waals surface area contributed by atoms with Crippen LogP contribution in [0.15, 0.2) is 42.7 Å². The normalized spacial score (nSPS) is 19.9. The Morgan fingerprint density at radius 1 is 0.520 bits per heavy atom. The molecule has 4 aliphatic heterocycles. The molecule has 4 saturated heterocycles. The highest BCUT2D eigenvalue weighted by atomic mass is 35.5.